The normalized spacial score (nSPS) is 12.6. The van der Waals surface area contributed by atoms with E-state index in [1.165, 1.54) is 5.56 Å². The summed E-state index contributed by atoms with van der Waals surface area (Å²) in [6, 6.07) is 12.0. The van der Waals surface area contributed by atoms with E-state index < -0.39 is 0 Å². The Morgan fingerprint density at radius 2 is 1.93 bits per heavy atom. The van der Waals surface area contributed by atoms with Crippen molar-refractivity contribution < 1.29 is 9.52 Å². The average molecular weight is 202 g/mol. The van der Waals surface area contributed by atoms with Crippen molar-refractivity contribution in [1.29, 1.82) is 0 Å². The third kappa shape index (κ3) is 2.48. The van der Waals surface area contributed by atoms with E-state index in [9.17, 15) is 5.11 Å². The van der Waals surface area contributed by atoms with Gasteiger partial charge in [-0.2, -0.15) is 0 Å². The maximum atomic E-state index is 9.35. The molecule has 0 amide bonds. The van der Waals surface area contributed by atoms with Gasteiger partial charge >= 0.3 is 0 Å². The molecule has 1 aromatic heterocycles. The van der Waals surface area contributed by atoms with Crippen molar-refractivity contribution in [3.63, 3.8) is 0 Å². The Morgan fingerprint density at radius 3 is 2.53 bits per heavy atom. The Balaban J connectivity index is 2.12. The fraction of sp³-hybridized carbons (Fsp3) is 0.231. The standard InChI is InChI=1S/C13H14O2/c14-9-13(8-11-6-7-15-10-11)12-4-2-1-3-5-12/h1-7,10,13-14H,8-9H2. The molecule has 78 valence electrons. The number of aliphatic hydroxyl groups is 1. The monoisotopic (exact) mass is 202 g/mol. The first-order valence-electron chi connectivity index (χ1n) is 5.07. The van der Waals surface area contributed by atoms with Crippen molar-refractivity contribution in [1.82, 2.24) is 0 Å². The lowest BCUT2D eigenvalue weighted by molar-refractivity contribution is 0.264. The molecule has 0 aliphatic carbocycles. The van der Waals surface area contributed by atoms with Crippen LogP contribution >= 0.6 is 0 Å². The molecule has 2 heteroatoms. The van der Waals surface area contributed by atoms with E-state index in [0.717, 1.165) is 12.0 Å². The first kappa shape index (κ1) is 9.99. The van der Waals surface area contributed by atoms with E-state index >= 15 is 0 Å². The van der Waals surface area contributed by atoms with Gasteiger partial charge in [-0.05, 0) is 23.6 Å². The summed E-state index contributed by atoms with van der Waals surface area (Å²) >= 11 is 0. The van der Waals surface area contributed by atoms with E-state index in [1.54, 1.807) is 12.5 Å². The van der Waals surface area contributed by atoms with Gasteiger partial charge in [-0.1, -0.05) is 30.3 Å². The largest absolute Gasteiger partial charge is 0.472 e. The average Bonchev–Trinajstić information content (AvgIpc) is 2.80. The second-order valence-corrected chi connectivity index (χ2v) is 3.63. The molecule has 1 N–H and O–H groups in total. The Hall–Kier alpha value is -1.54. The third-order valence-corrected chi connectivity index (χ3v) is 2.55. The number of rotatable bonds is 4. The molecule has 2 aromatic rings. The number of benzene rings is 1. The molecule has 0 fully saturated rings. The van der Waals surface area contributed by atoms with Crippen molar-refractivity contribution in [3.05, 3.63) is 60.1 Å². The predicted molar refractivity (Wildman–Crippen MR) is 58.7 cm³/mol. The van der Waals surface area contributed by atoms with Crippen LogP contribution in [0.2, 0.25) is 0 Å². The van der Waals surface area contributed by atoms with Gasteiger partial charge in [0, 0.05) is 5.92 Å². The van der Waals surface area contributed by atoms with E-state index in [2.05, 4.69) is 0 Å². The Kier molecular flexibility index (Phi) is 3.20. The highest BCUT2D eigenvalue weighted by atomic mass is 16.3. The molecule has 2 nitrogen and oxygen atoms in total. The fourth-order valence-corrected chi connectivity index (χ4v) is 1.71. The summed E-state index contributed by atoms with van der Waals surface area (Å²) in [5.41, 5.74) is 2.29. The van der Waals surface area contributed by atoms with Crippen LogP contribution in [0.3, 0.4) is 0 Å². The summed E-state index contributed by atoms with van der Waals surface area (Å²) in [6.07, 6.45) is 4.21. The van der Waals surface area contributed by atoms with Crippen LogP contribution in [0.15, 0.2) is 53.3 Å². The molecule has 0 aliphatic rings. The summed E-state index contributed by atoms with van der Waals surface area (Å²) < 4.78 is 5.01. The molecule has 1 unspecified atom stereocenters. The Bertz CT molecular complexity index is 378. The van der Waals surface area contributed by atoms with Gasteiger partial charge < -0.3 is 9.52 Å². The second kappa shape index (κ2) is 4.80. The third-order valence-electron chi connectivity index (χ3n) is 2.55. The zero-order chi connectivity index (χ0) is 10.5. The maximum absolute atomic E-state index is 9.35. The molecule has 0 spiro atoms. The quantitative estimate of drug-likeness (QED) is 0.826. The van der Waals surface area contributed by atoms with Gasteiger partial charge in [0.15, 0.2) is 0 Å². The number of furan rings is 1. The molecule has 0 radical (unpaired) electrons. The van der Waals surface area contributed by atoms with Gasteiger partial charge in [0.2, 0.25) is 0 Å². The van der Waals surface area contributed by atoms with Gasteiger partial charge in [-0.25, -0.2) is 0 Å². The minimum absolute atomic E-state index is 0.156. The maximum Gasteiger partial charge on any atom is 0.0934 e. The van der Waals surface area contributed by atoms with Crippen LogP contribution in [0.25, 0.3) is 0 Å². The molecule has 1 aromatic carbocycles. The molecular formula is C13H14O2. The van der Waals surface area contributed by atoms with Crippen LogP contribution in [-0.4, -0.2) is 11.7 Å². The lowest BCUT2D eigenvalue weighted by Gasteiger charge is -2.12. The Morgan fingerprint density at radius 1 is 1.13 bits per heavy atom. The summed E-state index contributed by atoms with van der Waals surface area (Å²) in [6.45, 7) is 0.162. The zero-order valence-electron chi connectivity index (χ0n) is 8.47. The van der Waals surface area contributed by atoms with Crippen molar-refractivity contribution >= 4 is 0 Å². The molecule has 2 rings (SSSR count). The van der Waals surface area contributed by atoms with E-state index in [4.69, 9.17) is 4.42 Å². The smallest absolute Gasteiger partial charge is 0.0934 e. The van der Waals surface area contributed by atoms with Gasteiger partial charge in [0.25, 0.3) is 0 Å². The fourth-order valence-electron chi connectivity index (χ4n) is 1.71. The molecule has 0 saturated carbocycles. The van der Waals surface area contributed by atoms with Crippen molar-refractivity contribution in [3.8, 4) is 0 Å². The van der Waals surface area contributed by atoms with E-state index in [1.807, 2.05) is 36.4 Å². The van der Waals surface area contributed by atoms with Crippen LogP contribution < -0.4 is 0 Å². The highest BCUT2D eigenvalue weighted by molar-refractivity contribution is 5.22. The molecule has 15 heavy (non-hydrogen) atoms. The molecule has 1 atom stereocenters. The SMILES string of the molecule is OCC(Cc1ccoc1)c1ccccc1. The topological polar surface area (TPSA) is 33.4 Å². The number of aliphatic hydroxyl groups excluding tert-OH is 1. The predicted octanol–water partition coefficient (Wildman–Crippen LogP) is 2.60. The summed E-state index contributed by atoms with van der Waals surface area (Å²) in [7, 11) is 0. The molecule has 1 heterocycles. The lowest BCUT2D eigenvalue weighted by Crippen LogP contribution is -2.06. The molecule has 0 aliphatic heterocycles. The lowest BCUT2D eigenvalue weighted by atomic mass is 9.94. The first-order chi connectivity index (χ1) is 7.40. The summed E-state index contributed by atoms with van der Waals surface area (Å²) in [5, 5.41) is 9.35. The zero-order valence-corrected chi connectivity index (χ0v) is 8.47. The second-order valence-electron chi connectivity index (χ2n) is 3.63. The van der Waals surface area contributed by atoms with Crippen LogP contribution in [-0.2, 0) is 6.42 Å². The van der Waals surface area contributed by atoms with Crippen molar-refractivity contribution in [2.45, 2.75) is 12.3 Å². The number of hydrogen-bond donors (Lipinski definition) is 1. The van der Waals surface area contributed by atoms with Gasteiger partial charge in [0.1, 0.15) is 0 Å². The minimum Gasteiger partial charge on any atom is -0.472 e. The molecular weight excluding hydrogens is 188 g/mol. The Labute approximate surface area is 89.2 Å². The highest BCUT2D eigenvalue weighted by Crippen LogP contribution is 2.20. The van der Waals surface area contributed by atoms with Crippen molar-refractivity contribution in [2.75, 3.05) is 6.61 Å². The molecule has 0 bridgehead atoms. The summed E-state index contributed by atoms with van der Waals surface area (Å²) in [4.78, 5) is 0. The first-order valence-corrected chi connectivity index (χ1v) is 5.07. The molecule has 0 saturated heterocycles. The van der Waals surface area contributed by atoms with Crippen LogP contribution in [0.1, 0.15) is 17.0 Å². The van der Waals surface area contributed by atoms with Gasteiger partial charge in [-0.3, -0.25) is 0 Å². The van der Waals surface area contributed by atoms with Gasteiger partial charge in [0.05, 0.1) is 19.1 Å². The van der Waals surface area contributed by atoms with Crippen molar-refractivity contribution in [2.24, 2.45) is 0 Å². The minimum atomic E-state index is 0.156. The van der Waals surface area contributed by atoms with E-state index in [0.29, 0.717) is 0 Å². The van der Waals surface area contributed by atoms with Crippen LogP contribution in [0, 0.1) is 0 Å². The van der Waals surface area contributed by atoms with Crippen LogP contribution in [0.5, 0.6) is 0 Å². The number of hydrogen-bond acceptors (Lipinski definition) is 2. The highest BCUT2D eigenvalue weighted by Gasteiger charge is 2.11. The summed E-state index contributed by atoms with van der Waals surface area (Å²) in [5.74, 6) is 0.156. The van der Waals surface area contributed by atoms with Crippen LogP contribution in [0.4, 0.5) is 0 Å². The van der Waals surface area contributed by atoms with E-state index in [-0.39, 0.29) is 12.5 Å². The van der Waals surface area contributed by atoms with Gasteiger partial charge in [-0.15, -0.1) is 0 Å².